The molecule has 0 aromatic carbocycles. The number of carbonyl (C=O) groups is 1. The molecule has 2 fully saturated rings. The standard InChI is InChI=1S/C10H17NO6/c12-3-5-7(14)8(15)9(16)10(17-5)2-1-6(13)11-4-10/h5,7-9,12,14-16H,1-4H2,(H,11,13)/t5-,7-,8+,9-,10-/m1/s1. The Morgan fingerprint density at radius 2 is 2.06 bits per heavy atom. The van der Waals surface area contributed by atoms with E-state index in [2.05, 4.69) is 5.32 Å². The molecule has 0 bridgehead atoms. The monoisotopic (exact) mass is 247 g/mol. The normalized spacial score (nSPS) is 46.9. The highest BCUT2D eigenvalue weighted by Crippen LogP contribution is 2.34. The van der Waals surface area contributed by atoms with Gasteiger partial charge in [0.25, 0.3) is 0 Å². The summed E-state index contributed by atoms with van der Waals surface area (Å²) in [5, 5.41) is 40.9. The number of ether oxygens (including phenoxy) is 1. The zero-order valence-corrected chi connectivity index (χ0v) is 9.24. The number of carbonyl (C=O) groups excluding carboxylic acids is 1. The Bertz CT molecular complexity index is 297. The van der Waals surface area contributed by atoms with Crippen molar-refractivity contribution in [2.75, 3.05) is 13.2 Å². The number of aliphatic hydroxyl groups excluding tert-OH is 4. The van der Waals surface area contributed by atoms with Crippen LogP contribution in [0.1, 0.15) is 12.8 Å². The van der Waals surface area contributed by atoms with E-state index in [1.807, 2.05) is 0 Å². The molecule has 7 heteroatoms. The van der Waals surface area contributed by atoms with Crippen LogP contribution in [0.5, 0.6) is 0 Å². The summed E-state index contributed by atoms with van der Waals surface area (Å²) in [5.74, 6) is -0.146. The van der Waals surface area contributed by atoms with Gasteiger partial charge in [-0.1, -0.05) is 0 Å². The first-order valence-electron chi connectivity index (χ1n) is 5.60. The third kappa shape index (κ3) is 2.04. The smallest absolute Gasteiger partial charge is 0.220 e. The highest BCUT2D eigenvalue weighted by Gasteiger charge is 2.54. The number of hydrogen-bond acceptors (Lipinski definition) is 6. The summed E-state index contributed by atoms with van der Waals surface area (Å²) in [7, 11) is 0. The number of aliphatic hydroxyl groups is 4. The number of nitrogens with one attached hydrogen (secondary N) is 1. The number of piperidine rings is 1. The second-order valence-corrected chi connectivity index (χ2v) is 4.61. The summed E-state index contributed by atoms with van der Waals surface area (Å²) in [4.78, 5) is 11.1. The van der Waals surface area contributed by atoms with Gasteiger partial charge in [0.05, 0.1) is 6.61 Å². The minimum Gasteiger partial charge on any atom is -0.394 e. The summed E-state index contributed by atoms with van der Waals surface area (Å²) in [6.07, 6.45) is -4.54. The summed E-state index contributed by atoms with van der Waals surface area (Å²) >= 11 is 0. The van der Waals surface area contributed by atoms with Crippen molar-refractivity contribution in [1.29, 1.82) is 0 Å². The average molecular weight is 247 g/mol. The van der Waals surface area contributed by atoms with E-state index in [4.69, 9.17) is 9.84 Å². The molecule has 0 saturated carbocycles. The highest BCUT2D eigenvalue weighted by molar-refractivity contribution is 5.77. The molecule has 5 N–H and O–H groups in total. The van der Waals surface area contributed by atoms with Gasteiger partial charge in [0.1, 0.15) is 30.0 Å². The van der Waals surface area contributed by atoms with E-state index in [-0.39, 0.29) is 25.3 Å². The Kier molecular flexibility index (Phi) is 3.37. The maximum Gasteiger partial charge on any atom is 0.220 e. The number of rotatable bonds is 1. The average Bonchev–Trinajstić information content (AvgIpc) is 2.34. The van der Waals surface area contributed by atoms with Gasteiger partial charge >= 0.3 is 0 Å². The van der Waals surface area contributed by atoms with Gasteiger partial charge in [0, 0.05) is 13.0 Å². The van der Waals surface area contributed by atoms with Gasteiger partial charge in [-0.2, -0.15) is 0 Å². The molecule has 2 aliphatic heterocycles. The molecule has 0 aromatic rings. The van der Waals surface area contributed by atoms with Crippen molar-refractivity contribution in [3.63, 3.8) is 0 Å². The largest absolute Gasteiger partial charge is 0.394 e. The van der Waals surface area contributed by atoms with Gasteiger partial charge in [-0.15, -0.1) is 0 Å². The molecule has 7 nitrogen and oxygen atoms in total. The molecule has 1 amide bonds. The van der Waals surface area contributed by atoms with Crippen molar-refractivity contribution in [3.8, 4) is 0 Å². The van der Waals surface area contributed by atoms with Gasteiger partial charge in [-0.25, -0.2) is 0 Å². The van der Waals surface area contributed by atoms with Crippen molar-refractivity contribution < 1.29 is 30.0 Å². The fourth-order valence-corrected chi connectivity index (χ4v) is 2.41. The molecule has 0 unspecified atom stereocenters. The number of amides is 1. The van der Waals surface area contributed by atoms with Crippen molar-refractivity contribution in [3.05, 3.63) is 0 Å². The third-order valence-corrected chi connectivity index (χ3v) is 3.52. The molecule has 0 aromatic heterocycles. The molecule has 2 heterocycles. The predicted molar refractivity (Wildman–Crippen MR) is 55.0 cm³/mol. The topological polar surface area (TPSA) is 119 Å². The lowest BCUT2D eigenvalue weighted by molar-refractivity contribution is -0.276. The van der Waals surface area contributed by atoms with Crippen LogP contribution in [-0.2, 0) is 9.53 Å². The molecular weight excluding hydrogens is 230 g/mol. The van der Waals surface area contributed by atoms with Crippen LogP contribution in [0.2, 0.25) is 0 Å². The lowest BCUT2D eigenvalue weighted by Gasteiger charge is -2.50. The maximum atomic E-state index is 11.1. The predicted octanol–water partition coefficient (Wildman–Crippen LogP) is -2.89. The molecule has 5 atom stereocenters. The van der Waals surface area contributed by atoms with Crippen molar-refractivity contribution >= 4 is 5.91 Å². The maximum absolute atomic E-state index is 11.1. The first-order valence-corrected chi connectivity index (χ1v) is 5.60. The first kappa shape index (κ1) is 12.7. The van der Waals surface area contributed by atoms with E-state index in [0.29, 0.717) is 0 Å². The van der Waals surface area contributed by atoms with E-state index >= 15 is 0 Å². The molecule has 17 heavy (non-hydrogen) atoms. The Labute approximate surface area is 98.0 Å². The molecule has 0 radical (unpaired) electrons. The SMILES string of the molecule is O=C1CC[C@]2(CN1)O[C@H](CO)[C@@H](O)[C@H](O)[C@H]2O. The molecule has 98 valence electrons. The van der Waals surface area contributed by atoms with Crippen LogP contribution in [0, 0.1) is 0 Å². The van der Waals surface area contributed by atoms with Gasteiger partial charge < -0.3 is 30.5 Å². The lowest BCUT2D eigenvalue weighted by Crippen LogP contribution is -2.69. The second-order valence-electron chi connectivity index (χ2n) is 4.61. The summed E-state index contributed by atoms with van der Waals surface area (Å²) in [6, 6.07) is 0. The Morgan fingerprint density at radius 1 is 1.35 bits per heavy atom. The molecule has 2 rings (SSSR count). The Balaban J connectivity index is 2.18. The van der Waals surface area contributed by atoms with Crippen LogP contribution >= 0.6 is 0 Å². The van der Waals surface area contributed by atoms with E-state index < -0.39 is 36.6 Å². The van der Waals surface area contributed by atoms with Crippen molar-refractivity contribution in [1.82, 2.24) is 5.32 Å². The Morgan fingerprint density at radius 3 is 2.59 bits per heavy atom. The van der Waals surface area contributed by atoms with E-state index in [1.54, 1.807) is 0 Å². The van der Waals surface area contributed by atoms with Gasteiger partial charge in [-0.3, -0.25) is 4.79 Å². The van der Waals surface area contributed by atoms with Crippen LogP contribution < -0.4 is 5.32 Å². The molecule has 2 aliphatic rings. The van der Waals surface area contributed by atoms with Crippen LogP contribution in [0.25, 0.3) is 0 Å². The summed E-state index contributed by atoms with van der Waals surface area (Å²) in [6.45, 7) is -0.395. The van der Waals surface area contributed by atoms with E-state index in [9.17, 15) is 20.1 Å². The van der Waals surface area contributed by atoms with Crippen LogP contribution in [0.4, 0.5) is 0 Å². The molecular formula is C10H17NO6. The lowest BCUT2D eigenvalue weighted by atomic mass is 9.80. The quantitative estimate of drug-likeness (QED) is 0.339. The van der Waals surface area contributed by atoms with Crippen molar-refractivity contribution in [2.24, 2.45) is 0 Å². The molecule has 1 spiro atoms. The molecule has 0 aliphatic carbocycles. The van der Waals surface area contributed by atoms with Gasteiger partial charge in [0.15, 0.2) is 0 Å². The minimum absolute atomic E-state index is 0.0628. The van der Waals surface area contributed by atoms with Crippen LogP contribution in [0.3, 0.4) is 0 Å². The first-order chi connectivity index (χ1) is 8.00. The minimum atomic E-state index is -1.39. The number of hydrogen-bond donors (Lipinski definition) is 5. The van der Waals surface area contributed by atoms with E-state index in [1.165, 1.54) is 0 Å². The van der Waals surface area contributed by atoms with Crippen LogP contribution in [0.15, 0.2) is 0 Å². The summed E-state index contributed by atoms with van der Waals surface area (Å²) in [5.41, 5.74) is -1.13. The van der Waals surface area contributed by atoms with Gasteiger partial charge in [0.2, 0.25) is 5.91 Å². The van der Waals surface area contributed by atoms with Crippen molar-refractivity contribution in [2.45, 2.75) is 42.9 Å². The summed E-state index contributed by atoms with van der Waals surface area (Å²) < 4.78 is 5.48. The third-order valence-electron chi connectivity index (χ3n) is 3.52. The Hall–Kier alpha value is -0.730. The zero-order valence-electron chi connectivity index (χ0n) is 9.24. The van der Waals surface area contributed by atoms with Crippen LogP contribution in [-0.4, -0.2) is 69.5 Å². The van der Waals surface area contributed by atoms with E-state index in [0.717, 1.165) is 0 Å². The fraction of sp³-hybridized carbons (Fsp3) is 0.900. The highest BCUT2D eigenvalue weighted by atomic mass is 16.6. The molecule has 2 saturated heterocycles. The van der Waals surface area contributed by atoms with Gasteiger partial charge in [-0.05, 0) is 6.42 Å². The fourth-order valence-electron chi connectivity index (χ4n) is 2.41. The zero-order chi connectivity index (χ0) is 12.6. The second kappa shape index (κ2) is 4.51.